The van der Waals surface area contributed by atoms with Crippen LogP contribution in [-0.2, 0) is 0 Å². The van der Waals surface area contributed by atoms with E-state index in [9.17, 15) is 4.39 Å². The standard InChI is InChI=1S/C18H12ClFN4S/c1-11-17(22-23-24(11)15-4-2-3-13(19)9-15)18-21-16(10-25-18)12-5-7-14(20)8-6-12/h2-10H,1H3. The number of benzene rings is 2. The fraction of sp³-hybridized carbons (Fsp3) is 0.0556. The minimum absolute atomic E-state index is 0.264. The summed E-state index contributed by atoms with van der Waals surface area (Å²) in [6.45, 7) is 1.94. The highest BCUT2D eigenvalue weighted by Gasteiger charge is 2.16. The zero-order valence-corrected chi connectivity index (χ0v) is 14.7. The molecule has 0 spiro atoms. The van der Waals surface area contributed by atoms with Gasteiger partial charge < -0.3 is 0 Å². The lowest BCUT2D eigenvalue weighted by molar-refractivity contribution is 0.628. The molecule has 0 atom stereocenters. The third-order valence-corrected chi connectivity index (χ3v) is 4.88. The zero-order valence-electron chi connectivity index (χ0n) is 13.1. The third kappa shape index (κ3) is 3.06. The van der Waals surface area contributed by atoms with Gasteiger partial charge in [0.05, 0.1) is 17.1 Å². The summed E-state index contributed by atoms with van der Waals surface area (Å²) in [6, 6.07) is 13.7. The molecular weight excluding hydrogens is 359 g/mol. The largest absolute Gasteiger partial charge is 0.234 e. The maximum Gasteiger partial charge on any atom is 0.146 e. The Morgan fingerprint density at radius 2 is 1.92 bits per heavy atom. The molecule has 25 heavy (non-hydrogen) atoms. The molecule has 0 aliphatic carbocycles. The number of rotatable bonds is 3. The van der Waals surface area contributed by atoms with Crippen LogP contribution in [0.1, 0.15) is 5.69 Å². The molecule has 4 rings (SSSR count). The van der Waals surface area contributed by atoms with Crippen LogP contribution in [0.5, 0.6) is 0 Å². The SMILES string of the molecule is Cc1c(-c2nc(-c3ccc(F)cc3)cs2)nnn1-c1cccc(Cl)c1. The maximum absolute atomic E-state index is 13.1. The highest BCUT2D eigenvalue weighted by atomic mass is 35.5. The average Bonchev–Trinajstić information content (AvgIpc) is 3.22. The van der Waals surface area contributed by atoms with Gasteiger partial charge in [-0.05, 0) is 49.4 Å². The van der Waals surface area contributed by atoms with Gasteiger partial charge in [0.2, 0.25) is 0 Å². The van der Waals surface area contributed by atoms with Crippen LogP contribution >= 0.6 is 22.9 Å². The van der Waals surface area contributed by atoms with E-state index in [1.165, 1.54) is 23.5 Å². The second-order valence-corrected chi connectivity index (χ2v) is 6.75. The van der Waals surface area contributed by atoms with Gasteiger partial charge >= 0.3 is 0 Å². The summed E-state index contributed by atoms with van der Waals surface area (Å²) in [4.78, 5) is 4.62. The minimum atomic E-state index is -0.264. The van der Waals surface area contributed by atoms with E-state index in [2.05, 4.69) is 15.3 Å². The normalized spacial score (nSPS) is 11.0. The van der Waals surface area contributed by atoms with Crippen molar-refractivity contribution in [3.05, 3.63) is 70.4 Å². The van der Waals surface area contributed by atoms with Gasteiger partial charge in [-0.1, -0.05) is 22.9 Å². The highest BCUT2D eigenvalue weighted by molar-refractivity contribution is 7.13. The van der Waals surface area contributed by atoms with Crippen molar-refractivity contribution in [3.8, 4) is 27.6 Å². The quantitative estimate of drug-likeness (QED) is 0.500. The fourth-order valence-electron chi connectivity index (χ4n) is 2.52. The molecule has 4 nitrogen and oxygen atoms in total. The Balaban J connectivity index is 1.71. The first-order chi connectivity index (χ1) is 12.1. The van der Waals surface area contributed by atoms with Crippen molar-refractivity contribution in [1.82, 2.24) is 20.0 Å². The van der Waals surface area contributed by atoms with Crippen LogP contribution in [0.15, 0.2) is 53.9 Å². The first kappa shape index (κ1) is 15.9. The topological polar surface area (TPSA) is 43.6 Å². The van der Waals surface area contributed by atoms with Gasteiger partial charge in [-0.2, -0.15) is 0 Å². The summed E-state index contributed by atoms with van der Waals surface area (Å²) >= 11 is 7.54. The highest BCUT2D eigenvalue weighted by Crippen LogP contribution is 2.30. The second kappa shape index (κ2) is 6.38. The molecule has 2 heterocycles. The average molecular weight is 371 g/mol. The lowest BCUT2D eigenvalue weighted by Crippen LogP contribution is -1.98. The Morgan fingerprint density at radius 1 is 1.12 bits per heavy atom. The van der Waals surface area contributed by atoms with E-state index < -0.39 is 0 Å². The van der Waals surface area contributed by atoms with E-state index in [0.717, 1.165) is 33.3 Å². The Morgan fingerprint density at radius 3 is 2.68 bits per heavy atom. The summed E-state index contributed by atoms with van der Waals surface area (Å²) in [7, 11) is 0. The van der Waals surface area contributed by atoms with Gasteiger partial charge in [0, 0.05) is 16.0 Å². The Hall–Kier alpha value is -2.57. The first-order valence-electron chi connectivity index (χ1n) is 7.52. The van der Waals surface area contributed by atoms with Crippen LogP contribution in [0.25, 0.3) is 27.6 Å². The smallest absolute Gasteiger partial charge is 0.146 e. The van der Waals surface area contributed by atoms with Crippen molar-refractivity contribution in [2.45, 2.75) is 6.92 Å². The lowest BCUT2D eigenvalue weighted by atomic mass is 10.2. The Labute approximate surface area is 152 Å². The number of hydrogen-bond donors (Lipinski definition) is 0. The van der Waals surface area contributed by atoms with Crippen LogP contribution in [-0.4, -0.2) is 20.0 Å². The second-order valence-electron chi connectivity index (χ2n) is 5.46. The lowest BCUT2D eigenvalue weighted by Gasteiger charge is -2.03. The molecule has 0 N–H and O–H groups in total. The van der Waals surface area contributed by atoms with Crippen molar-refractivity contribution in [1.29, 1.82) is 0 Å². The van der Waals surface area contributed by atoms with Gasteiger partial charge in [0.15, 0.2) is 0 Å². The summed E-state index contributed by atoms with van der Waals surface area (Å²) < 4.78 is 14.8. The molecule has 0 amide bonds. The Kier molecular flexibility index (Phi) is 4.07. The van der Waals surface area contributed by atoms with Crippen molar-refractivity contribution in [2.75, 3.05) is 0 Å². The summed E-state index contributed by atoms with van der Waals surface area (Å²) in [6.07, 6.45) is 0. The van der Waals surface area contributed by atoms with Crippen molar-refractivity contribution in [2.24, 2.45) is 0 Å². The minimum Gasteiger partial charge on any atom is -0.234 e. The molecule has 0 aliphatic heterocycles. The van der Waals surface area contributed by atoms with E-state index >= 15 is 0 Å². The Bertz CT molecular complexity index is 1040. The van der Waals surface area contributed by atoms with Crippen LogP contribution in [0, 0.1) is 12.7 Å². The van der Waals surface area contributed by atoms with E-state index in [4.69, 9.17) is 11.6 Å². The first-order valence-corrected chi connectivity index (χ1v) is 8.77. The molecule has 0 saturated carbocycles. The molecule has 0 unspecified atom stereocenters. The molecule has 0 fully saturated rings. The molecule has 7 heteroatoms. The number of aromatic nitrogens is 4. The molecule has 124 valence electrons. The van der Waals surface area contributed by atoms with Gasteiger partial charge in [0.25, 0.3) is 0 Å². The van der Waals surface area contributed by atoms with Gasteiger partial charge in [-0.3, -0.25) is 0 Å². The number of nitrogens with zero attached hydrogens (tertiary/aromatic N) is 4. The van der Waals surface area contributed by atoms with Crippen LogP contribution in [0.2, 0.25) is 5.02 Å². The molecule has 0 bridgehead atoms. The number of halogens is 2. The van der Waals surface area contributed by atoms with Gasteiger partial charge in [0.1, 0.15) is 16.5 Å². The van der Waals surface area contributed by atoms with E-state index in [1.54, 1.807) is 16.8 Å². The molecule has 0 saturated heterocycles. The zero-order chi connectivity index (χ0) is 17.4. The van der Waals surface area contributed by atoms with Crippen LogP contribution < -0.4 is 0 Å². The molecule has 0 aliphatic rings. The number of hydrogen-bond acceptors (Lipinski definition) is 4. The summed E-state index contributed by atoms with van der Waals surface area (Å²) in [5.74, 6) is -0.264. The van der Waals surface area contributed by atoms with Gasteiger partial charge in [-0.25, -0.2) is 14.1 Å². The summed E-state index contributed by atoms with van der Waals surface area (Å²) in [5.41, 5.74) is 4.10. The predicted molar refractivity (Wildman–Crippen MR) is 97.6 cm³/mol. The fourth-order valence-corrected chi connectivity index (χ4v) is 3.56. The van der Waals surface area contributed by atoms with Crippen molar-refractivity contribution in [3.63, 3.8) is 0 Å². The monoisotopic (exact) mass is 370 g/mol. The van der Waals surface area contributed by atoms with E-state index in [-0.39, 0.29) is 5.82 Å². The molecule has 2 aromatic heterocycles. The van der Waals surface area contributed by atoms with Crippen LogP contribution in [0.3, 0.4) is 0 Å². The third-order valence-electron chi connectivity index (χ3n) is 3.79. The van der Waals surface area contributed by atoms with E-state index in [1.807, 2.05) is 36.6 Å². The van der Waals surface area contributed by atoms with E-state index in [0.29, 0.717) is 5.02 Å². The molecule has 2 aromatic carbocycles. The van der Waals surface area contributed by atoms with Crippen LogP contribution in [0.4, 0.5) is 4.39 Å². The molecular formula is C18H12ClFN4S. The molecule has 0 radical (unpaired) electrons. The molecule has 4 aromatic rings. The van der Waals surface area contributed by atoms with Crippen molar-refractivity contribution >= 4 is 22.9 Å². The predicted octanol–water partition coefficient (Wildman–Crippen LogP) is 5.16. The summed E-state index contributed by atoms with van der Waals surface area (Å²) in [5, 5.41) is 11.8. The van der Waals surface area contributed by atoms with Gasteiger partial charge in [-0.15, -0.1) is 16.4 Å². The maximum atomic E-state index is 13.1. The van der Waals surface area contributed by atoms with Crippen molar-refractivity contribution < 1.29 is 4.39 Å². The number of thiazole rings is 1.